The molecule has 0 aromatic heterocycles. The second-order valence-corrected chi connectivity index (χ2v) is 5.07. The van der Waals surface area contributed by atoms with Crippen molar-refractivity contribution in [2.75, 3.05) is 13.1 Å². The van der Waals surface area contributed by atoms with E-state index in [4.69, 9.17) is 0 Å². The van der Waals surface area contributed by atoms with Crippen molar-refractivity contribution in [3.8, 4) is 0 Å². The Bertz CT molecular complexity index is 643. The predicted molar refractivity (Wildman–Crippen MR) is 97.0 cm³/mol. The lowest BCUT2D eigenvalue weighted by Gasteiger charge is -2.03. The van der Waals surface area contributed by atoms with Crippen molar-refractivity contribution in [2.45, 2.75) is 0 Å². The summed E-state index contributed by atoms with van der Waals surface area (Å²) in [5, 5.41) is 5.44. The van der Waals surface area contributed by atoms with Gasteiger partial charge in [0.1, 0.15) is 0 Å². The molecule has 0 radical (unpaired) electrons. The molecule has 2 aromatic rings. The Labute approximate surface area is 141 Å². The maximum atomic E-state index is 11.6. The number of amides is 2. The highest BCUT2D eigenvalue weighted by Crippen LogP contribution is 2.01. The molecule has 0 bridgehead atoms. The number of hydrogen-bond donors (Lipinski definition) is 2. The molecule has 0 aliphatic heterocycles. The molecule has 4 nitrogen and oxygen atoms in total. The van der Waals surface area contributed by atoms with Crippen LogP contribution in [0, 0.1) is 0 Å². The molecule has 0 saturated carbocycles. The number of nitrogens with one attached hydrogen (secondary N) is 2. The summed E-state index contributed by atoms with van der Waals surface area (Å²) in [6, 6.07) is 19.2. The Hall–Kier alpha value is -3.14. The largest absolute Gasteiger partial charge is 0.351 e. The van der Waals surface area contributed by atoms with E-state index in [1.165, 1.54) is 12.2 Å². The molecule has 122 valence electrons. The minimum Gasteiger partial charge on any atom is -0.351 e. The van der Waals surface area contributed by atoms with E-state index in [0.717, 1.165) is 11.1 Å². The van der Waals surface area contributed by atoms with Gasteiger partial charge in [0, 0.05) is 25.2 Å². The molecule has 0 heterocycles. The summed E-state index contributed by atoms with van der Waals surface area (Å²) in [5.41, 5.74) is 1.93. The monoisotopic (exact) mass is 320 g/mol. The van der Waals surface area contributed by atoms with Gasteiger partial charge in [-0.1, -0.05) is 60.7 Å². The van der Waals surface area contributed by atoms with Crippen LogP contribution in [0.15, 0.2) is 72.8 Å². The number of hydrogen-bond acceptors (Lipinski definition) is 2. The van der Waals surface area contributed by atoms with E-state index in [9.17, 15) is 9.59 Å². The predicted octanol–water partition coefficient (Wildman–Crippen LogP) is 2.65. The van der Waals surface area contributed by atoms with Gasteiger partial charge >= 0.3 is 0 Å². The van der Waals surface area contributed by atoms with Gasteiger partial charge in [-0.3, -0.25) is 9.59 Å². The molecule has 0 atom stereocenters. The van der Waals surface area contributed by atoms with Crippen LogP contribution in [0.5, 0.6) is 0 Å². The number of carbonyl (C=O) groups is 2. The molecule has 0 aliphatic carbocycles. The van der Waals surface area contributed by atoms with Gasteiger partial charge in [0.25, 0.3) is 0 Å². The first kappa shape index (κ1) is 17.2. The minimum absolute atomic E-state index is 0.187. The molecule has 0 spiro atoms. The molecule has 2 rings (SSSR count). The van der Waals surface area contributed by atoms with Crippen molar-refractivity contribution in [3.63, 3.8) is 0 Å². The number of rotatable bonds is 7. The molecule has 0 aliphatic rings. The fraction of sp³-hybridized carbons (Fsp3) is 0.100. The first-order valence-electron chi connectivity index (χ1n) is 7.76. The van der Waals surface area contributed by atoms with Crippen molar-refractivity contribution in [2.24, 2.45) is 0 Å². The summed E-state index contributed by atoms with van der Waals surface area (Å²) in [6.45, 7) is 0.756. The first-order valence-corrected chi connectivity index (χ1v) is 7.76. The van der Waals surface area contributed by atoms with Gasteiger partial charge in [0.2, 0.25) is 11.8 Å². The van der Waals surface area contributed by atoms with Crippen molar-refractivity contribution >= 4 is 24.0 Å². The Morgan fingerprint density at radius 3 is 1.42 bits per heavy atom. The summed E-state index contributed by atoms with van der Waals surface area (Å²) in [6.07, 6.45) is 6.45. The second kappa shape index (κ2) is 9.79. The lowest BCUT2D eigenvalue weighted by atomic mass is 10.2. The fourth-order valence-corrected chi connectivity index (χ4v) is 1.96. The van der Waals surface area contributed by atoms with Gasteiger partial charge < -0.3 is 10.6 Å². The maximum Gasteiger partial charge on any atom is 0.244 e. The third-order valence-corrected chi connectivity index (χ3v) is 3.18. The third kappa shape index (κ3) is 6.75. The van der Waals surface area contributed by atoms with Gasteiger partial charge in [-0.2, -0.15) is 0 Å². The van der Waals surface area contributed by atoms with Crippen LogP contribution >= 0.6 is 0 Å². The van der Waals surface area contributed by atoms with E-state index in [-0.39, 0.29) is 11.8 Å². The Morgan fingerprint density at radius 1 is 0.667 bits per heavy atom. The average Bonchev–Trinajstić information content (AvgIpc) is 2.63. The highest BCUT2D eigenvalue weighted by Gasteiger charge is 1.97. The lowest BCUT2D eigenvalue weighted by Crippen LogP contribution is -2.33. The van der Waals surface area contributed by atoms with E-state index in [2.05, 4.69) is 10.6 Å². The fourth-order valence-electron chi connectivity index (χ4n) is 1.96. The van der Waals surface area contributed by atoms with Crippen LogP contribution in [0.25, 0.3) is 12.2 Å². The minimum atomic E-state index is -0.187. The molecule has 0 unspecified atom stereocenters. The summed E-state index contributed by atoms with van der Waals surface area (Å²) in [7, 11) is 0. The van der Waals surface area contributed by atoms with Crippen LogP contribution in [0.1, 0.15) is 11.1 Å². The van der Waals surface area contributed by atoms with E-state index in [1.807, 2.05) is 60.7 Å². The molecule has 24 heavy (non-hydrogen) atoms. The molecule has 2 aromatic carbocycles. The Balaban J connectivity index is 1.63. The zero-order chi connectivity index (χ0) is 17.0. The molecule has 0 fully saturated rings. The molecule has 2 amide bonds. The van der Waals surface area contributed by atoms with E-state index in [0.29, 0.717) is 13.1 Å². The maximum absolute atomic E-state index is 11.6. The standard InChI is InChI=1S/C20H20N2O2/c23-19(13-11-17-7-3-1-4-8-17)21-15-16-22-20(24)14-12-18-9-5-2-6-10-18/h1-14H,15-16H2,(H,21,23)(H,22,24)/b13-11-,14-12-. The van der Waals surface area contributed by atoms with Gasteiger partial charge in [-0.25, -0.2) is 0 Å². The number of carbonyl (C=O) groups excluding carboxylic acids is 2. The topological polar surface area (TPSA) is 58.2 Å². The number of benzene rings is 2. The van der Waals surface area contributed by atoms with Crippen LogP contribution in [0.3, 0.4) is 0 Å². The Morgan fingerprint density at radius 2 is 1.04 bits per heavy atom. The second-order valence-electron chi connectivity index (χ2n) is 5.07. The van der Waals surface area contributed by atoms with Gasteiger partial charge in [0.15, 0.2) is 0 Å². The first-order chi connectivity index (χ1) is 11.7. The highest BCUT2D eigenvalue weighted by atomic mass is 16.2. The zero-order valence-corrected chi connectivity index (χ0v) is 13.3. The molecule has 2 N–H and O–H groups in total. The van der Waals surface area contributed by atoms with Gasteiger partial charge in [-0.05, 0) is 23.3 Å². The van der Waals surface area contributed by atoms with Gasteiger partial charge in [-0.15, -0.1) is 0 Å². The van der Waals surface area contributed by atoms with Crippen LogP contribution < -0.4 is 10.6 Å². The normalized spacial score (nSPS) is 10.8. The summed E-state index contributed by atoms with van der Waals surface area (Å²) in [4.78, 5) is 23.3. The van der Waals surface area contributed by atoms with Crippen molar-refractivity contribution in [3.05, 3.63) is 83.9 Å². The van der Waals surface area contributed by atoms with Crippen molar-refractivity contribution in [1.82, 2.24) is 10.6 Å². The quantitative estimate of drug-likeness (QED) is 0.609. The van der Waals surface area contributed by atoms with E-state index < -0.39 is 0 Å². The average molecular weight is 320 g/mol. The zero-order valence-electron chi connectivity index (χ0n) is 13.3. The molecular formula is C20H20N2O2. The van der Waals surface area contributed by atoms with Crippen LogP contribution in [-0.4, -0.2) is 24.9 Å². The molecular weight excluding hydrogens is 300 g/mol. The van der Waals surface area contributed by atoms with E-state index >= 15 is 0 Å². The molecule has 4 heteroatoms. The summed E-state index contributed by atoms with van der Waals surface area (Å²) in [5.74, 6) is -0.374. The Kier molecular flexibility index (Phi) is 7.02. The van der Waals surface area contributed by atoms with Gasteiger partial charge in [0.05, 0.1) is 0 Å². The smallest absolute Gasteiger partial charge is 0.244 e. The van der Waals surface area contributed by atoms with Crippen LogP contribution in [0.2, 0.25) is 0 Å². The lowest BCUT2D eigenvalue weighted by molar-refractivity contribution is -0.118. The summed E-state index contributed by atoms with van der Waals surface area (Å²) >= 11 is 0. The SMILES string of the molecule is O=C(/C=C\c1ccccc1)NCCNC(=O)/C=C\c1ccccc1. The molecule has 0 saturated heterocycles. The van der Waals surface area contributed by atoms with Crippen molar-refractivity contribution < 1.29 is 9.59 Å². The highest BCUT2D eigenvalue weighted by molar-refractivity contribution is 5.92. The third-order valence-electron chi connectivity index (χ3n) is 3.18. The van der Waals surface area contributed by atoms with Crippen LogP contribution in [0.4, 0.5) is 0 Å². The van der Waals surface area contributed by atoms with Crippen LogP contribution in [-0.2, 0) is 9.59 Å². The summed E-state index contributed by atoms with van der Waals surface area (Å²) < 4.78 is 0. The van der Waals surface area contributed by atoms with Crippen molar-refractivity contribution in [1.29, 1.82) is 0 Å². The van der Waals surface area contributed by atoms with E-state index in [1.54, 1.807) is 12.2 Å².